The molecule has 9 heavy (non-hydrogen) atoms. The van der Waals surface area contributed by atoms with E-state index in [1.165, 1.54) is 19.3 Å². The molecule has 0 aromatic carbocycles. The molecule has 1 heterocycles. The van der Waals surface area contributed by atoms with Crippen molar-refractivity contribution in [3.05, 3.63) is 0 Å². The highest BCUT2D eigenvalue weighted by atomic mass is 28.2. The largest absolute Gasteiger partial charge is 0.428 e. The summed E-state index contributed by atoms with van der Waals surface area (Å²) in [6, 6.07) is 0. The summed E-state index contributed by atoms with van der Waals surface area (Å²) in [4.78, 5) is 0. The molecular weight excluding hydrogens is 132 g/mol. The highest BCUT2D eigenvalue weighted by molar-refractivity contribution is 5.97. The van der Waals surface area contributed by atoms with Crippen LogP contribution in [-0.2, 0) is 9.16 Å². The van der Waals surface area contributed by atoms with Crippen LogP contribution in [0.1, 0.15) is 19.3 Å². The molecule has 3 heteroatoms. The standard InChI is InChI=1S/C6H14O2Si/c9-8-4-2-1-3-6-5-7-6/h6H,1-5H2,9H3. The SMILES string of the molecule is [SiH3]OCCCCC1CO1. The van der Waals surface area contributed by atoms with Crippen LogP contribution in [0.3, 0.4) is 0 Å². The number of hydrogen-bond acceptors (Lipinski definition) is 2. The van der Waals surface area contributed by atoms with E-state index in [0.29, 0.717) is 6.10 Å². The van der Waals surface area contributed by atoms with Gasteiger partial charge in [-0.3, -0.25) is 0 Å². The van der Waals surface area contributed by atoms with Crippen LogP contribution in [-0.4, -0.2) is 29.8 Å². The van der Waals surface area contributed by atoms with Gasteiger partial charge in [0.2, 0.25) is 0 Å². The molecule has 1 atom stereocenters. The van der Waals surface area contributed by atoms with E-state index in [9.17, 15) is 0 Å². The summed E-state index contributed by atoms with van der Waals surface area (Å²) in [5, 5.41) is 0. The van der Waals surface area contributed by atoms with Gasteiger partial charge in [0, 0.05) is 6.61 Å². The predicted octanol–water partition coefficient (Wildman–Crippen LogP) is -0.148. The molecule has 1 unspecified atom stereocenters. The number of hydrogen-bond donors (Lipinski definition) is 0. The molecule has 1 fully saturated rings. The Balaban J connectivity index is 1.71. The lowest BCUT2D eigenvalue weighted by Gasteiger charge is -1.95. The van der Waals surface area contributed by atoms with Crippen LogP contribution in [0, 0.1) is 0 Å². The smallest absolute Gasteiger partial charge is 0.145 e. The summed E-state index contributed by atoms with van der Waals surface area (Å²) < 4.78 is 10.1. The van der Waals surface area contributed by atoms with Gasteiger partial charge in [0.15, 0.2) is 0 Å². The summed E-state index contributed by atoms with van der Waals surface area (Å²) in [6.07, 6.45) is 4.33. The van der Waals surface area contributed by atoms with E-state index in [2.05, 4.69) is 0 Å². The van der Waals surface area contributed by atoms with Crippen molar-refractivity contribution >= 4 is 10.5 Å². The maximum absolute atomic E-state index is 5.06. The molecule has 0 N–H and O–H groups in total. The van der Waals surface area contributed by atoms with E-state index in [-0.39, 0.29) is 0 Å². The predicted molar refractivity (Wildman–Crippen MR) is 39.5 cm³/mol. The second-order valence-corrected chi connectivity index (χ2v) is 3.02. The third-order valence-corrected chi connectivity index (χ3v) is 1.94. The molecule has 0 aromatic rings. The molecular formula is C6H14O2Si. The van der Waals surface area contributed by atoms with Crippen molar-refractivity contribution in [2.24, 2.45) is 0 Å². The zero-order valence-corrected chi connectivity index (χ0v) is 7.93. The fourth-order valence-electron chi connectivity index (χ4n) is 0.853. The Kier molecular flexibility index (Phi) is 3.25. The number of ether oxygens (including phenoxy) is 1. The van der Waals surface area contributed by atoms with Crippen molar-refractivity contribution in [2.45, 2.75) is 25.4 Å². The van der Waals surface area contributed by atoms with Crippen LogP contribution < -0.4 is 0 Å². The fourth-order valence-corrected chi connectivity index (χ4v) is 1.14. The molecule has 54 valence electrons. The average molecular weight is 146 g/mol. The lowest BCUT2D eigenvalue weighted by atomic mass is 10.2. The second-order valence-electron chi connectivity index (χ2n) is 2.44. The van der Waals surface area contributed by atoms with E-state index < -0.39 is 0 Å². The van der Waals surface area contributed by atoms with Crippen LogP contribution >= 0.6 is 0 Å². The van der Waals surface area contributed by atoms with Crippen LogP contribution in [0.25, 0.3) is 0 Å². The molecule has 0 aromatic heterocycles. The number of rotatable bonds is 5. The van der Waals surface area contributed by atoms with Gasteiger partial charge in [-0.15, -0.1) is 0 Å². The van der Waals surface area contributed by atoms with Crippen LogP contribution in [0.5, 0.6) is 0 Å². The zero-order chi connectivity index (χ0) is 6.53. The van der Waals surface area contributed by atoms with Crippen molar-refractivity contribution < 1.29 is 9.16 Å². The number of unbranched alkanes of at least 4 members (excludes halogenated alkanes) is 1. The molecule has 1 rings (SSSR count). The van der Waals surface area contributed by atoms with Gasteiger partial charge in [0.1, 0.15) is 10.5 Å². The summed E-state index contributed by atoms with van der Waals surface area (Å²) in [5.41, 5.74) is 0. The second kappa shape index (κ2) is 4.03. The van der Waals surface area contributed by atoms with Gasteiger partial charge in [-0.05, 0) is 19.3 Å². The van der Waals surface area contributed by atoms with Crippen LogP contribution in [0.2, 0.25) is 0 Å². The summed E-state index contributed by atoms with van der Waals surface area (Å²) in [5.74, 6) is 0. The van der Waals surface area contributed by atoms with Gasteiger partial charge in [0.25, 0.3) is 0 Å². The van der Waals surface area contributed by atoms with Gasteiger partial charge in [-0.1, -0.05) is 0 Å². The molecule has 0 amide bonds. The molecule has 0 spiro atoms. The molecule has 0 saturated carbocycles. The molecule has 0 radical (unpaired) electrons. The third kappa shape index (κ3) is 3.67. The van der Waals surface area contributed by atoms with Crippen molar-refractivity contribution in [3.63, 3.8) is 0 Å². The maximum Gasteiger partial charge on any atom is 0.145 e. The molecule has 0 bridgehead atoms. The minimum absolute atomic E-state index is 0.610. The third-order valence-electron chi connectivity index (χ3n) is 1.53. The molecule has 1 aliphatic heterocycles. The van der Waals surface area contributed by atoms with Crippen LogP contribution in [0.4, 0.5) is 0 Å². The first-order valence-electron chi connectivity index (χ1n) is 3.54. The van der Waals surface area contributed by atoms with Gasteiger partial charge in [-0.25, -0.2) is 0 Å². The van der Waals surface area contributed by atoms with Gasteiger partial charge in [0.05, 0.1) is 12.7 Å². The van der Waals surface area contributed by atoms with E-state index in [4.69, 9.17) is 9.16 Å². The van der Waals surface area contributed by atoms with Crippen molar-refractivity contribution in [3.8, 4) is 0 Å². The Morgan fingerprint density at radius 2 is 2.33 bits per heavy atom. The van der Waals surface area contributed by atoms with Crippen LogP contribution in [0.15, 0.2) is 0 Å². The monoisotopic (exact) mass is 146 g/mol. The van der Waals surface area contributed by atoms with Gasteiger partial charge in [-0.2, -0.15) is 0 Å². The lowest BCUT2D eigenvalue weighted by molar-refractivity contribution is 0.324. The van der Waals surface area contributed by atoms with E-state index in [1.807, 2.05) is 0 Å². The Morgan fingerprint density at radius 3 is 2.89 bits per heavy atom. The first-order chi connectivity index (χ1) is 4.43. The first kappa shape index (κ1) is 7.25. The lowest BCUT2D eigenvalue weighted by Crippen LogP contribution is -1.91. The zero-order valence-electron chi connectivity index (χ0n) is 5.93. The number of epoxide rings is 1. The first-order valence-corrected chi connectivity index (χ1v) is 4.35. The summed E-state index contributed by atoms with van der Waals surface area (Å²) in [6.45, 7) is 1.96. The molecule has 1 saturated heterocycles. The quantitative estimate of drug-likeness (QED) is 0.306. The summed E-state index contributed by atoms with van der Waals surface area (Å²) in [7, 11) is 0.886. The topological polar surface area (TPSA) is 21.8 Å². The Morgan fingerprint density at radius 1 is 1.56 bits per heavy atom. The average Bonchev–Trinajstić information content (AvgIpc) is 2.63. The van der Waals surface area contributed by atoms with E-state index in [1.54, 1.807) is 0 Å². The van der Waals surface area contributed by atoms with Crippen molar-refractivity contribution in [1.82, 2.24) is 0 Å². The van der Waals surface area contributed by atoms with E-state index in [0.717, 1.165) is 23.7 Å². The molecule has 0 aliphatic carbocycles. The Bertz CT molecular complexity index is 73.5. The Labute approximate surface area is 59.1 Å². The van der Waals surface area contributed by atoms with E-state index >= 15 is 0 Å². The highest BCUT2D eigenvalue weighted by Crippen LogP contribution is 2.15. The van der Waals surface area contributed by atoms with Gasteiger partial charge < -0.3 is 9.16 Å². The van der Waals surface area contributed by atoms with Crippen molar-refractivity contribution in [2.75, 3.05) is 13.2 Å². The summed E-state index contributed by atoms with van der Waals surface area (Å²) >= 11 is 0. The fraction of sp³-hybridized carbons (Fsp3) is 1.00. The Hall–Kier alpha value is 0.137. The minimum atomic E-state index is 0.610. The van der Waals surface area contributed by atoms with Gasteiger partial charge >= 0.3 is 0 Å². The normalized spacial score (nSPS) is 24.7. The maximum atomic E-state index is 5.06. The van der Waals surface area contributed by atoms with Crippen molar-refractivity contribution in [1.29, 1.82) is 0 Å². The molecule has 2 nitrogen and oxygen atoms in total. The molecule has 1 aliphatic rings. The minimum Gasteiger partial charge on any atom is -0.428 e. The highest BCUT2D eigenvalue weighted by Gasteiger charge is 2.20.